The number of methoxy groups -OCH3 is 1. The molecule has 1 fully saturated rings. The Hall–Kier alpha value is -1.85. The van der Waals surface area contributed by atoms with Gasteiger partial charge in [0.2, 0.25) is 11.8 Å². The predicted octanol–water partition coefficient (Wildman–Crippen LogP) is -0.204. The Morgan fingerprint density at radius 3 is 2.56 bits per heavy atom. The van der Waals surface area contributed by atoms with Gasteiger partial charge >= 0.3 is 5.97 Å². The monoisotopic (exact) mass is 254 g/mol. The van der Waals surface area contributed by atoms with Crippen LogP contribution in [-0.2, 0) is 19.1 Å². The molecule has 1 rings (SSSR count). The maximum Gasteiger partial charge on any atom is 0.333 e. The molecule has 1 saturated heterocycles. The van der Waals surface area contributed by atoms with Crippen molar-refractivity contribution >= 4 is 17.8 Å². The first-order chi connectivity index (χ1) is 8.49. The van der Waals surface area contributed by atoms with Crippen LogP contribution in [0.3, 0.4) is 0 Å². The largest absolute Gasteiger partial charge is 0.466 e. The van der Waals surface area contributed by atoms with E-state index in [2.05, 4.69) is 4.74 Å². The van der Waals surface area contributed by atoms with E-state index in [1.807, 2.05) is 6.92 Å². The lowest BCUT2D eigenvalue weighted by molar-refractivity contribution is -0.148. The molecule has 1 heterocycles. The van der Waals surface area contributed by atoms with Crippen molar-refractivity contribution in [3.63, 3.8) is 0 Å². The highest BCUT2D eigenvalue weighted by atomic mass is 16.5. The molecule has 1 aliphatic heterocycles. The van der Waals surface area contributed by atoms with Crippen molar-refractivity contribution in [3.8, 4) is 0 Å². The summed E-state index contributed by atoms with van der Waals surface area (Å²) in [7, 11) is 2.91. The molecular weight excluding hydrogens is 236 g/mol. The van der Waals surface area contributed by atoms with Gasteiger partial charge in [-0.25, -0.2) is 4.79 Å². The van der Waals surface area contributed by atoms with E-state index in [9.17, 15) is 14.4 Å². The highest BCUT2D eigenvalue weighted by Gasteiger charge is 2.26. The van der Waals surface area contributed by atoms with Crippen molar-refractivity contribution in [3.05, 3.63) is 11.6 Å². The van der Waals surface area contributed by atoms with Crippen molar-refractivity contribution in [2.75, 3.05) is 33.8 Å². The quantitative estimate of drug-likeness (QED) is 0.514. The Morgan fingerprint density at radius 1 is 1.33 bits per heavy atom. The molecule has 6 heteroatoms. The fraction of sp³-hybridized carbons (Fsp3) is 0.583. The number of hydrogen-bond acceptors (Lipinski definition) is 4. The van der Waals surface area contributed by atoms with Gasteiger partial charge in [0.25, 0.3) is 0 Å². The number of amides is 2. The topological polar surface area (TPSA) is 66.9 Å². The Balaban J connectivity index is 2.67. The molecular formula is C12H18N2O4. The third-order valence-corrected chi connectivity index (χ3v) is 2.86. The summed E-state index contributed by atoms with van der Waals surface area (Å²) in [6.07, 6.45) is 2.17. The zero-order valence-corrected chi connectivity index (χ0v) is 10.9. The zero-order chi connectivity index (χ0) is 13.7. The third kappa shape index (κ3) is 3.32. The number of esters is 1. The maximum absolute atomic E-state index is 11.7. The third-order valence-electron chi connectivity index (χ3n) is 2.86. The summed E-state index contributed by atoms with van der Waals surface area (Å²) >= 11 is 0. The first-order valence-corrected chi connectivity index (χ1v) is 5.78. The molecule has 18 heavy (non-hydrogen) atoms. The van der Waals surface area contributed by atoms with Crippen molar-refractivity contribution < 1.29 is 19.1 Å². The predicted molar refractivity (Wildman–Crippen MR) is 64.6 cm³/mol. The maximum atomic E-state index is 11.7. The van der Waals surface area contributed by atoms with E-state index in [4.69, 9.17) is 0 Å². The van der Waals surface area contributed by atoms with Gasteiger partial charge in [-0.3, -0.25) is 9.59 Å². The number of carbonyl (C=O) groups is 3. The highest BCUT2D eigenvalue weighted by Crippen LogP contribution is 2.07. The van der Waals surface area contributed by atoms with E-state index in [1.54, 1.807) is 13.1 Å². The molecule has 2 amide bonds. The van der Waals surface area contributed by atoms with E-state index in [-0.39, 0.29) is 31.4 Å². The number of carbonyl (C=O) groups excluding carboxylic acids is 3. The van der Waals surface area contributed by atoms with Gasteiger partial charge < -0.3 is 14.5 Å². The second-order valence-electron chi connectivity index (χ2n) is 4.10. The lowest BCUT2D eigenvalue weighted by Crippen LogP contribution is -2.52. The SMILES string of the molecule is CCC(=CCN1CC(=O)N(C)CC1=O)C(=O)OC. The van der Waals surface area contributed by atoms with Crippen LogP contribution in [0.2, 0.25) is 0 Å². The van der Waals surface area contributed by atoms with Crippen LogP contribution in [0.4, 0.5) is 0 Å². The molecule has 6 nitrogen and oxygen atoms in total. The molecule has 0 N–H and O–H groups in total. The van der Waals surface area contributed by atoms with Gasteiger partial charge in [-0.05, 0) is 6.42 Å². The second kappa shape index (κ2) is 6.18. The number of piperazine rings is 1. The van der Waals surface area contributed by atoms with Crippen LogP contribution in [0, 0.1) is 0 Å². The minimum Gasteiger partial charge on any atom is -0.466 e. The van der Waals surface area contributed by atoms with Gasteiger partial charge in [0, 0.05) is 19.2 Å². The molecule has 0 aromatic heterocycles. The van der Waals surface area contributed by atoms with E-state index in [0.29, 0.717) is 12.0 Å². The van der Waals surface area contributed by atoms with E-state index < -0.39 is 5.97 Å². The summed E-state index contributed by atoms with van der Waals surface area (Å²) in [5.41, 5.74) is 0.511. The Kier molecular flexibility index (Phi) is 4.88. The Morgan fingerprint density at radius 2 is 2.00 bits per heavy atom. The Labute approximate surface area is 106 Å². The van der Waals surface area contributed by atoms with Crippen molar-refractivity contribution in [1.82, 2.24) is 9.80 Å². The fourth-order valence-electron chi connectivity index (χ4n) is 1.65. The smallest absolute Gasteiger partial charge is 0.333 e. The lowest BCUT2D eigenvalue weighted by atomic mass is 10.2. The molecule has 100 valence electrons. The summed E-state index contributed by atoms with van der Waals surface area (Å²) in [5.74, 6) is -0.613. The van der Waals surface area contributed by atoms with Crippen LogP contribution < -0.4 is 0 Å². The van der Waals surface area contributed by atoms with Gasteiger partial charge in [-0.15, -0.1) is 0 Å². The zero-order valence-electron chi connectivity index (χ0n) is 10.9. The van der Waals surface area contributed by atoms with Crippen LogP contribution in [0.1, 0.15) is 13.3 Å². The van der Waals surface area contributed by atoms with Gasteiger partial charge in [0.1, 0.15) is 6.54 Å². The first kappa shape index (κ1) is 14.2. The van der Waals surface area contributed by atoms with E-state index in [0.717, 1.165) is 0 Å². The van der Waals surface area contributed by atoms with Crippen LogP contribution in [-0.4, -0.2) is 61.4 Å². The van der Waals surface area contributed by atoms with Gasteiger partial charge in [-0.1, -0.05) is 13.0 Å². The van der Waals surface area contributed by atoms with Gasteiger partial charge in [0.15, 0.2) is 0 Å². The van der Waals surface area contributed by atoms with E-state index in [1.165, 1.54) is 16.9 Å². The van der Waals surface area contributed by atoms with E-state index >= 15 is 0 Å². The second-order valence-corrected chi connectivity index (χ2v) is 4.10. The van der Waals surface area contributed by atoms with Crippen LogP contribution in [0.25, 0.3) is 0 Å². The standard InChI is InChI=1S/C12H18N2O4/c1-4-9(12(17)18-3)5-6-14-8-10(15)13(2)7-11(14)16/h5H,4,6-8H2,1-3H3. The number of ether oxygens (including phenoxy) is 1. The molecule has 0 radical (unpaired) electrons. The summed E-state index contributed by atoms with van der Waals surface area (Å²) in [6, 6.07) is 0. The molecule has 0 atom stereocenters. The molecule has 1 aliphatic rings. The number of rotatable bonds is 4. The first-order valence-electron chi connectivity index (χ1n) is 5.78. The highest BCUT2D eigenvalue weighted by molar-refractivity contribution is 5.92. The van der Waals surface area contributed by atoms with Crippen molar-refractivity contribution in [2.24, 2.45) is 0 Å². The molecule has 0 aliphatic carbocycles. The fourth-order valence-corrected chi connectivity index (χ4v) is 1.65. The number of hydrogen-bond donors (Lipinski definition) is 0. The summed E-state index contributed by atoms with van der Waals surface area (Å²) in [5, 5.41) is 0. The average Bonchev–Trinajstić information content (AvgIpc) is 2.35. The summed E-state index contributed by atoms with van der Waals surface area (Å²) in [6.45, 7) is 2.24. The minimum absolute atomic E-state index is 0.0595. The van der Waals surface area contributed by atoms with Crippen molar-refractivity contribution in [1.29, 1.82) is 0 Å². The molecule has 0 saturated carbocycles. The normalized spacial score (nSPS) is 17.2. The van der Waals surface area contributed by atoms with Gasteiger partial charge in [0.05, 0.1) is 13.7 Å². The van der Waals surface area contributed by atoms with Gasteiger partial charge in [-0.2, -0.15) is 0 Å². The number of likely N-dealkylation sites (N-methyl/N-ethyl adjacent to an activating group) is 1. The summed E-state index contributed by atoms with van der Waals surface area (Å²) in [4.78, 5) is 37.3. The van der Waals surface area contributed by atoms with Crippen LogP contribution >= 0.6 is 0 Å². The average molecular weight is 254 g/mol. The van der Waals surface area contributed by atoms with Crippen molar-refractivity contribution in [2.45, 2.75) is 13.3 Å². The molecule has 0 aromatic rings. The van der Waals surface area contributed by atoms with Crippen LogP contribution in [0.15, 0.2) is 11.6 Å². The number of nitrogens with zero attached hydrogens (tertiary/aromatic N) is 2. The molecule has 0 spiro atoms. The minimum atomic E-state index is -0.398. The van der Waals surface area contributed by atoms with Crippen LogP contribution in [0.5, 0.6) is 0 Å². The molecule has 0 unspecified atom stereocenters. The summed E-state index contributed by atoms with van der Waals surface area (Å²) < 4.78 is 4.62. The molecule has 0 aromatic carbocycles. The lowest BCUT2D eigenvalue weighted by Gasteiger charge is -2.30. The molecule has 0 bridgehead atoms. The Bertz CT molecular complexity index is 390.